The van der Waals surface area contributed by atoms with Gasteiger partial charge in [-0.05, 0) is 29.8 Å². The van der Waals surface area contributed by atoms with Gasteiger partial charge < -0.3 is 10.5 Å². The molecule has 1 amide bonds. The number of hydrogen-bond acceptors (Lipinski definition) is 2. The molecule has 0 saturated carbocycles. The maximum Gasteiger partial charge on any atom is 0.416 e. The molecule has 2 aromatic carbocycles. The highest BCUT2D eigenvalue weighted by atomic mass is 19.4. The van der Waals surface area contributed by atoms with E-state index in [1.165, 1.54) is 25.1 Å². The Bertz CT molecular complexity index is 938. The van der Waals surface area contributed by atoms with Crippen LogP contribution in [0, 0.1) is 16.8 Å². The normalized spacial score (nSPS) is 19.8. The van der Waals surface area contributed by atoms with Crippen LogP contribution in [-0.2, 0) is 11.0 Å². The number of nitrogens with zero attached hydrogens (tertiary/aromatic N) is 1. The van der Waals surface area contributed by atoms with Crippen molar-refractivity contribution in [2.24, 2.45) is 0 Å². The minimum atomic E-state index is -4.51. The van der Waals surface area contributed by atoms with Crippen LogP contribution in [0.3, 0.4) is 0 Å². The monoisotopic (exact) mass is 398 g/mol. The Morgan fingerprint density at radius 1 is 1.14 bits per heavy atom. The van der Waals surface area contributed by atoms with E-state index in [1.54, 1.807) is 0 Å². The predicted molar refractivity (Wildman–Crippen MR) is 91.9 cm³/mol. The number of hydrogen-bond donors (Lipinski definition) is 1. The molecule has 1 N–H and O–H groups in total. The van der Waals surface area contributed by atoms with E-state index >= 15 is 0 Å². The number of carbonyl (C=O) groups excluding carboxylic acids is 1. The molecule has 0 unspecified atom stereocenters. The first-order valence-corrected chi connectivity index (χ1v) is 8.30. The molecule has 0 aliphatic carbocycles. The maximum absolute atomic E-state index is 13.8. The molecule has 2 aromatic rings. The number of anilines is 1. The average Bonchev–Trinajstić information content (AvgIpc) is 2.93. The fourth-order valence-corrected chi connectivity index (χ4v) is 3.24. The molecular formula is C19H15F5N2O2. The van der Waals surface area contributed by atoms with Crippen molar-refractivity contribution in [1.82, 2.24) is 0 Å². The molecule has 2 atom stereocenters. The molecule has 0 fully saturated rings. The van der Waals surface area contributed by atoms with E-state index in [2.05, 4.69) is 5.32 Å². The first kappa shape index (κ1) is 19.8. The van der Waals surface area contributed by atoms with E-state index in [-0.39, 0.29) is 6.42 Å². The van der Waals surface area contributed by atoms with Crippen LogP contribution in [0.4, 0.5) is 27.6 Å². The Kier molecular flexibility index (Phi) is 5.10. The van der Waals surface area contributed by atoms with E-state index in [1.807, 2.05) is 0 Å². The minimum Gasteiger partial charge on any atom is -0.623 e. The second-order valence-electron chi connectivity index (χ2n) is 6.53. The molecule has 28 heavy (non-hydrogen) atoms. The van der Waals surface area contributed by atoms with Gasteiger partial charge in [-0.15, -0.1) is 0 Å². The van der Waals surface area contributed by atoms with E-state index in [4.69, 9.17) is 0 Å². The Hall–Kier alpha value is -2.97. The lowest BCUT2D eigenvalue weighted by molar-refractivity contribution is -0.479. The number of rotatable bonds is 3. The van der Waals surface area contributed by atoms with Gasteiger partial charge in [-0.2, -0.15) is 13.2 Å². The zero-order valence-corrected chi connectivity index (χ0v) is 14.6. The molecule has 0 radical (unpaired) electrons. The minimum absolute atomic E-state index is 0.151. The number of alkyl halides is 3. The summed E-state index contributed by atoms with van der Waals surface area (Å²) in [4.78, 5) is 12.6. The van der Waals surface area contributed by atoms with E-state index in [0.717, 1.165) is 24.3 Å². The molecule has 0 spiro atoms. The van der Waals surface area contributed by atoms with Crippen molar-refractivity contribution in [1.29, 1.82) is 0 Å². The number of halogens is 5. The summed E-state index contributed by atoms with van der Waals surface area (Å²) >= 11 is 0. The van der Waals surface area contributed by atoms with Crippen molar-refractivity contribution in [2.75, 3.05) is 5.32 Å². The molecule has 4 nitrogen and oxygen atoms in total. The molecule has 0 saturated heterocycles. The number of hydroxylamine groups is 1. The van der Waals surface area contributed by atoms with Crippen molar-refractivity contribution in [3.8, 4) is 0 Å². The summed E-state index contributed by atoms with van der Waals surface area (Å²) < 4.78 is 65.8. The topological polar surface area (TPSA) is 55.2 Å². The third-order valence-corrected chi connectivity index (χ3v) is 4.67. The van der Waals surface area contributed by atoms with Gasteiger partial charge in [-0.25, -0.2) is 13.5 Å². The van der Waals surface area contributed by atoms with Crippen molar-refractivity contribution in [2.45, 2.75) is 31.5 Å². The third-order valence-electron chi connectivity index (χ3n) is 4.67. The van der Waals surface area contributed by atoms with E-state index in [0.29, 0.717) is 16.0 Å². The zero-order chi connectivity index (χ0) is 20.6. The number of benzene rings is 2. The quantitative estimate of drug-likeness (QED) is 0.472. The molecular weight excluding hydrogens is 383 g/mol. The predicted octanol–water partition coefficient (Wildman–Crippen LogP) is 4.45. The van der Waals surface area contributed by atoms with Gasteiger partial charge in [0.2, 0.25) is 6.04 Å². The van der Waals surface area contributed by atoms with Crippen LogP contribution in [0.15, 0.2) is 42.5 Å². The second kappa shape index (κ2) is 7.21. The molecule has 148 valence electrons. The fourth-order valence-electron chi connectivity index (χ4n) is 3.24. The molecule has 1 aliphatic rings. The highest BCUT2D eigenvalue weighted by Gasteiger charge is 2.44. The van der Waals surface area contributed by atoms with Crippen LogP contribution in [0.5, 0.6) is 0 Å². The standard InChI is InChI=1S/C19H15F5N2O2/c1-10-9-13(11-5-7-12(8-6-11)19(22,23)24)17(26(10)28)18(27)25-15-4-2-3-14(20)16(15)21/h2-8,13,17H,9H2,1H3,(H,25,27)/t13-,17+/m1/s1. The van der Waals surface area contributed by atoms with Crippen molar-refractivity contribution >= 4 is 17.3 Å². The Morgan fingerprint density at radius 2 is 1.79 bits per heavy atom. The van der Waals surface area contributed by atoms with E-state index in [9.17, 15) is 32.0 Å². The molecule has 9 heteroatoms. The maximum atomic E-state index is 13.8. The Labute approximate surface area is 156 Å². The highest BCUT2D eigenvalue weighted by Crippen LogP contribution is 2.35. The van der Waals surface area contributed by atoms with Gasteiger partial charge >= 0.3 is 6.18 Å². The third kappa shape index (κ3) is 3.69. The lowest BCUT2D eigenvalue weighted by Crippen LogP contribution is -2.37. The average molecular weight is 398 g/mol. The van der Waals surface area contributed by atoms with Crippen LogP contribution >= 0.6 is 0 Å². The lowest BCUT2D eigenvalue weighted by Gasteiger charge is -2.19. The van der Waals surface area contributed by atoms with Gasteiger partial charge in [-0.1, -0.05) is 18.2 Å². The molecule has 0 aromatic heterocycles. The number of nitrogens with one attached hydrogen (secondary N) is 1. The highest BCUT2D eigenvalue weighted by molar-refractivity contribution is 5.97. The van der Waals surface area contributed by atoms with E-state index < -0.39 is 46.9 Å². The second-order valence-corrected chi connectivity index (χ2v) is 6.53. The Morgan fingerprint density at radius 3 is 2.39 bits per heavy atom. The largest absolute Gasteiger partial charge is 0.623 e. The first-order valence-electron chi connectivity index (χ1n) is 8.30. The number of carbonyl (C=O) groups is 1. The molecule has 3 rings (SSSR count). The molecule has 0 bridgehead atoms. The van der Waals surface area contributed by atoms with Crippen molar-refractivity contribution in [3.05, 3.63) is 70.4 Å². The number of amides is 1. The van der Waals surface area contributed by atoms with Gasteiger partial charge in [0.25, 0.3) is 5.91 Å². The van der Waals surface area contributed by atoms with Gasteiger partial charge in [0.1, 0.15) is 0 Å². The van der Waals surface area contributed by atoms with Crippen molar-refractivity contribution in [3.63, 3.8) is 0 Å². The van der Waals surface area contributed by atoms with Crippen LogP contribution in [0.1, 0.15) is 30.4 Å². The van der Waals surface area contributed by atoms with Gasteiger partial charge in [0.05, 0.1) is 17.2 Å². The summed E-state index contributed by atoms with van der Waals surface area (Å²) in [6.07, 6.45) is -4.36. The van der Waals surface area contributed by atoms with Gasteiger partial charge in [0, 0.05) is 13.3 Å². The SMILES string of the molecule is CC1=[N+]([O-])[C@H](C(=O)Nc2cccc(F)c2F)[C@@H](c2ccc(C(F)(F)F)cc2)C1. The lowest BCUT2D eigenvalue weighted by atomic mass is 9.89. The van der Waals surface area contributed by atoms with Gasteiger partial charge in [-0.3, -0.25) is 4.79 Å². The molecule has 1 aliphatic heterocycles. The zero-order valence-electron chi connectivity index (χ0n) is 14.6. The summed E-state index contributed by atoms with van der Waals surface area (Å²) in [5.74, 6) is -4.03. The summed E-state index contributed by atoms with van der Waals surface area (Å²) in [5, 5.41) is 14.6. The van der Waals surface area contributed by atoms with Gasteiger partial charge in [0.15, 0.2) is 17.3 Å². The summed E-state index contributed by atoms with van der Waals surface area (Å²) in [7, 11) is 0. The van der Waals surface area contributed by atoms with Crippen LogP contribution < -0.4 is 5.32 Å². The van der Waals surface area contributed by atoms with Crippen LogP contribution in [0.25, 0.3) is 0 Å². The first-order chi connectivity index (χ1) is 13.1. The smallest absolute Gasteiger partial charge is 0.416 e. The van der Waals surface area contributed by atoms with Crippen LogP contribution in [-0.4, -0.2) is 22.4 Å². The van der Waals surface area contributed by atoms with Crippen molar-refractivity contribution < 1.29 is 31.5 Å². The van der Waals surface area contributed by atoms with Crippen LogP contribution in [0.2, 0.25) is 0 Å². The Balaban J connectivity index is 1.88. The molecule has 1 heterocycles. The fraction of sp³-hybridized carbons (Fsp3) is 0.263. The summed E-state index contributed by atoms with van der Waals surface area (Å²) in [6, 6.07) is 6.07. The summed E-state index contributed by atoms with van der Waals surface area (Å²) in [6.45, 7) is 1.50. The summed E-state index contributed by atoms with van der Waals surface area (Å²) in [5.41, 5.74) is -0.596.